The van der Waals surface area contributed by atoms with Crippen molar-refractivity contribution in [3.05, 3.63) is 0 Å². The van der Waals surface area contributed by atoms with Gasteiger partial charge in [-0.1, -0.05) is 0 Å². The second-order valence-corrected chi connectivity index (χ2v) is 7.09. The van der Waals surface area contributed by atoms with Crippen molar-refractivity contribution in [3.8, 4) is 0 Å². The summed E-state index contributed by atoms with van der Waals surface area (Å²) in [6, 6.07) is 0.503. The van der Waals surface area contributed by atoms with Crippen LogP contribution in [0.1, 0.15) is 52.9 Å². The lowest BCUT2D eigenvalue weighted by Gasteiger charge is -2.35. The molecule has 1 unspecified atom stereocenters. The van der Waals surface area contributed by atoms with Gasteiger partial charge in [-0.15, -0.1) is 0 Å². The largest absolute Gasteiger partial charge is 0.373 e. The van der Waals surface area contributed by atoms with Gasteiger partial charge < -0.3 is 15.8 Å². The molecule has 1 saturated heterocycles. The highest BCUT2D eigenvalue weighted by Crippen LogP contribution is 2.25. The lowest BCUT2D eigenvalue weighted by atomic mass is 9.93. The van der Waals surface area contributed by atoms with Gasteiger partial charge in [-0.2, -0.15) is 0 Å². The average molecular weight is 297 g/mol. The first-order valence-corrected chi connectivity index (χ1v) is 8.34. The lowest BCUT2D eigenvalue weighted by Crippen LogP contribution is -2.54. The molecular weight excluding hydrogens is 266 g/mol. The quantitative estimate of drug-likeness (QED) is 0.662. The van der Waals surface area contributed by atoms with Gasteiger partial charge in [0.2, 0.25) is 5.91 Å². The van der Waals surface area contributed by atoms with Gasteiger partial charge in [0.25, 0.3) is 0 Å². The molecule has 0 bridgehead atoms. The molecule has 21 heavy (non-hydrogen) atoms. The number of hydrogen-bond acceptors (Lipinski definition) is 4. The minimum atomic E-state index is -0.535. The van der Waals surface area contributed by atoms with Crippen molar-refractivity contribution in [1.29, 1.82) is 0 Å². The van der Waals surface area contributed by atoms with E-state index in [-0.39, 0.29) is 5.91 Å². The summed E-state index contributed by atoms with van der Waals surface area (Å²) in [7, 11) is 0. The van der Waals surface area contributed by atoms with Crippen molar-refractivity contribution < 1.29 is 9.53 Å². The minimum absolute atomic E-state index is 0.219. The van der Waals surface area contributed by atoms with Crippen LogP contribution in [0.4, 0.5) is 0 Å². The second kappa shape index (κ2) is 7.07. The van der Waals surface area contributed by atoms with E-state index in [1.165, 1.54) is 12.8 Å². The summed E-state index contributed by atoms with van der Waals surface area (Å²) < 4.78 is 5.75. The van der Waals surface area contributed by atoms with Gasteiger partial charge in [-0.3, -0.25) is 9.69 Å². The van der Waals surface area contributed by atoms with Crippen LogP contribution in [-0.2, 0) is 9.53 Å². The number of rotatable bonds is 8. The van der Waals surface area contributed by atoms with Crippen LogP contribution < -0.4 is 11.1 Å². The first-order valence-electron chi connectivity index (χ1n) is 8.34. The Morgan fingerprint density at radius 2 is 1.90 bits per heavy atom. The fourth-order valence-electron chi connectivity index (χ4n) is 3.23. The van der Waals surface area contributed by atoms with E-state index in [1.54, 1.807) is 0 Å². The zero-order chi connectivity index (χ0) is 15.5. The average Bonchev–Trinajstić information content (AvgIpc) is 3.17. The van der Waals surface area contributed by atoms with Crippen molar-refractivity contribution >= 4 is 5.91 Å². The summed E-state index contributed by atoms with van der Waals surface area (Å²) in [5.74, 6) is -0.219. The third-order valence-electron chi connectivity index (χ3n) is 4.54. The van der Waals surface area contributed by atoms with Crippen molar-refractivity contribution in [3.63, 3.8) is 0 Å². The predicted octanol–water partition coefficient (Wildman–Crippen LogP) is 1.26. The number of carbonyl (C=O) groups excluding carboxylic acids is 1. The molecule has 0 spiro atoms. The lowest BCUT2D eigenvalue weighted by molar-refractivity contribution is -0.124. The summed E-state index contributed by atoms with van der Waals surface area (Å²) in [5, 5.41) is 3.41. The van der Waals surface area contributed by atoms with Crippen LogP contribution >= 0.6 is 0 Å². The summed E-state index contributed by atoms with van der Waals surface area (Å²) in [4.78, 5) is 14.2. The fraction of sp³-hybridized carbons (Fsp3) is 0.938. The predicted molar refractivity (Wildman–Crippen MR) is 84.1 cm³/mol. The molecule has 0 aromatic rings. The van der Waals surface area contributed by atoms with Crippen LogP contribution in [0.2, 0.25) is 0 Å². The molecule has 2 rings (SSSR count). The Bertz CT molecular complexity index is 349. The number of nitrogens with zero attached hydrogens (tertiary/aromatic N) is 1. The third-order valence-corrected chi connectivity index (χ3v) is 4.54. The first kappa shape index (κ1) is 16.7. The van der Waals surface area contributed by atoms with Gasteiger partial charge in [0.05, 0.1) is 17.7 Å². The molecule has 5 heteroatoms. The summed E-state index contributed by atoms with van der Waals surface area (Å²) in [6.45, 7) is 9.32. The Morgan fingerprint density at radius 3 is 2.43 bits per heavy atom. The highest BCUT2D eigenvalue weighted by molar-refractivity contribution is 5.84. The number of carbonyl (C=O) groups is 1. The van der Waals surface area contributed by atoms with Crippen LogP contribution in [-0.4, -0.2) is 54.2 Å². The number of unbranched alkanes of at least 4 members (excludes halogenated alkanes) is 1. The number of morpholine rings is 1. The molecule has 1 aliphatic heterocycles. The molecule has 0 aromatic heterocycles. The van der Waals surface area contributed by atoms with Crippen molar-refractivity contribution in [1.82, 2.24) is 10.2 Å². The summed E-state index contributed by atoms with van der Waals surface area (Å²) >= 11 is 0. The molecule has 122 valence electrons. The highest BCUT2D eigenvalue weighted by Gasteiger charge is 2.36. The standard InChI is InChI=1S/C16H31N3O2/c1-12-10-19(11-13(2)21-12)9-5-4-8-16(3,15(17)20)18-14-6-7-14/h12-14,18H,4-11H2,1-3H3,(H2,17,20)/t12-,13+,16?. The minimum Gasteiger partial charge on any atom is -0.373 e. The van der Waals surface area contributed by atoms with Gasteiger partial charge in [0.15, 0.2) is 0 Å². The Labute approximate surface area is 128 Å². The van der Waals surface area contributed by atoms with Crippen molar-refractivity contribution in [2.45, 2.75) is 76.7 Å². The Hall–Kier alpha value is -0.650. The molecule has 5 nitrogen and oxygen atoms in total. The molecule has 3 atom stereocenters. The number of hydrogen-bond donors (Lipinski definition) is 2. The maximum absolute atomic E-state index is 11.7. The molecule has 2 fully saturated rings. The van der Waals surface area contributed by atoms with Crippen molar-refractivity contribution in [2.75, 3.05) is 19.6 Å². The van der Waals surface area contributed by atoms with Gasteiger partial charge >= 0.3 is 0 Å². The Kier molecular flexibility index (Phi) is 5.63. The van der Waals surface area contributed by atoms with Crippen LogP contribution in [0, 0.1) is 0 Å². The molecule has 0 radical (unpaired) electrons. The van der Waals surface area contributed by atoms with E-state index in [9.17, 15) is 4.79 Å². The van der Waals surface area contributed by atoms with E-state index in [1.807, 2.05) is 6.92 Å². The van der Waals surface area contributed by atoms with Gasteiger partial charge in [-0.25, -0.2) is 0 Å². The maximum atomic E-state index is 11.7. The first-order chi connectivity index (χ1) is 9.89. The third kappa shape index (κ3) is 5.24. The van der Waals surface area contributed by atoms with Crippen LogP contribution in [0.25, 0.3) is 0 Å². The van der Waals surface area contributed by atoms with Gasteiger partial charge in [0, 0.05) is 19.1 Å². The second-order valence-electron chi connectivity index (χ2n) is 7.09. The zero-order valence-corrected chi connectivity index (χ0v) is 13.7. The summed E-state index contributed by atoms with van der Waals surface area (Å²) in [5.41, 5.74) is 5.05. The molecular formula is C16H31N3O2. The number of ether oxygens (including phenoxy) is 1. The summed E-state index contributed by atoms with van der Waals surface area (Å²) in [6.07, 6.45) is 5.95. The monoisotopic (exact) mass is 297 g/mol. The molecule has 2 aliphatic rings. The smallest absolute Gasteiger partial charge is 0.237 e. The van der Waals surface area contributed by atoms with E-state index < -0.39 is 5.54 Å². The van der Waals surface area contributed by atoms with Crippen molar-refractivity contribution in [2.24, 2.45) is 5.73 Å². The van der Waals surface area contributed by atoms with E-state index in [2.05, 4.69) is 24.1 Å². The number of primary amides is 1. The Balaban J connectivity index is 1.68. The van der Waals surface area contributed by atoms with Gasteiger partial charge in [-0.05, 0) is 59.4 Å². The Morgan fingerprint density at radius 1 is 1.29 bits per heavy atom. The number of amides is 1. The molecule has 3 N–H and O–H groups in total. The van der Waals surface area contributed by atoms with E-state index in [0.717, 1.165) is 38.9 Å². The topological polar surface area (TPSA) is 67.6 Å². The van der Waals surface area contributed by atoms with E-state index in [0.29, 0.717) is 18.2 Å². The molecule has 1 aliphatic carbocycles. The fourth-order valence-corrected chi connectivity index (χ4v) is 3.23. The van der Waals surface area contributed by atoms with Gasteiger partial charge in [0.1, 0.15) is 0 Å². The number of nitrogens with two attached hydrogens (primary N) is 1. The van der Waals surface area contributed by atoms with E-state index in [4.69, 9.17) is 10.5 Å². The molecule has 1 saturated carbocycles. The number of nitrogens with one attached hydrogen (secondary N) is 1. The molecule has 1 heterocycles. The van der Waals surface area contributed by atoms with Crippen LogP contribution in [0.15, 0.2) is 0 Å². The zero-order valence-electron chi connectivity index (χ0n) is 13.7. The SMILES string of the molecule is C[C@@H]1CN(CCCCC(C)(NC2CC2)C(N)=O)C[C@H](C)O1. The maximum Gasteiger partial charge on any atom is 0.237 e. The molecule has 1 amide bonds. The highest BCUT2D eigenvalue weighted by atomic mass is 16.5. The normalized spacial score (nSPS) is 30.0. The van der Waals surface area contributed by atoms with E-state index >= 15 is 0 Å². The van der Waals surface area contributed by atoms with Crippen LogP contribution in [0.3, 0.4) is 0 Å². The van der Waals surface area contributed by atoms with Crippen LogP contribution in [0.5, 0.6) is 0 Å². The molecule has 0 aromatic carbocycles.